The summed E-state index contributed by atoms with van der Waals surface area (Å²) in [4.78, 5) is 5.47. The van der Waals surface area contributed by atoms with Crippen LogP contribution >= 0.6 is 11.3 Å². The van der Waals surface area contributed by atoms with Gasteiger partial charge in [0.1, 0.15) is 0 Å². The Morgan fingerprint density at radius 2 is 2.00 bits per heavy atom. The van der Waals surface area contributed by atoms with Crippen molar-refractivity contribution in [1.82, 2.24) is 10.2 Å². The maximum Gasteiger partial charge on any atom is 0.0327 e. The van der Waals surface area contributed by atoms with Crippen LogP contribution in [0.5, 0.6) is 0 Å². The third-order valence-corrected chi connectivity index (χ3v) is 4.49. The standard InChI is InChI=1S/C13H22N2S/c1-14-9-12-7-8-13(16-12)10-15(2)11-5-3-4-6-11/h7-8,11,14H,3-6,9-10H2,1-2H3. The minimum Gasteiger partial charge on any atom is -0.315 e. The third kappa shape index (κ3) is 3.06. The van der Waals surface area contributed by atoms with Gasteiger partial charge in [-0.2, -0.15) is 0 Å². The highest BCUT2D eigenvalue weighted by Crippen LogP contribution is 2.25. The van der Waals surface area contributed by atoms with E-state index >= 15 is 0 Å². The van der Waals surface area contributed by atoms with Crippen LogP contribution < -0.4 is 5.32 Å². The van der Waals surface area contributed by atoms with E-state index < -0.39 is 0 Å². The molecule has 0 atom stereocenters. The van der Waals surface area contributed by atoms with Crippen LogP contribution in [0, 0.1) is 0 Å². The van der Waals surface area contributed by atoms with E-state index in [0.29, 0.717) is 0 Å². The summed E-state index contributed by atoms with van der Waals surface area (Å²) in [6, 6.07) is 5.36. The van der Waals surface area contributed by atoms with Gasteiger partial charge in [-0.3, -0.25) is 4.90 Å². The average Bonchev–Trinajstić information content (AvgIpc) is 2.89. The van der Waals surface area contributed by atoms with Crippen LogP contribution in [0.4, 0.5) is 0 Å². The van der Waals surface area contributed by atoms with Gasteiger partial charge >= 0.3 is 0 Å². The molecule has 1 aromatic heterocycles. The Morgan fingerprint density at radius 3 is 2.69 bits per heavy atom. The van der Waals surface area contributed by atoms with Crippen molar-refractivity contribution in [2.75, 3.05) is 14.1 Å². The van der Waals surface area contributed by atoms with Gasteiger partial charge in [-0.25, -0.2) is 0 Å². The van der Waals surface area contributed by atoms with E-state index in [9.17, 15) is 0 Å². The lowest BCUT2D eigenvalue weighted by atomic mass is 10.2. The first kappa shape index (κ1) is 12.1. The minimum absolute atomic E-state index is 0.829. The smallest absolute Gasteiger partial charge is 0.0327 e. The van der Waals surface area contributed by atoms with E-state index in [1.165, 1.54) is 35.4 Å². The molecule has 1 aliphatic carbocycles. The molecule has 0 aliphatic heterocycles. The van der Waals surface area contributed by atoms with Crippen LogP contribution in [0.15, 0.2) is 12.1 Å². The highest BCUT2D eigenvalue weighted by atomic mass is 32.1. The zero-order chi connectivity index (χ0) is 11.4. The van der Waals surface area contributed by atoms with E-state index in [1.807, 2.05) is 18.4 Å². The van der Waals surface area contributed by atoms with Crippen molar-refractivity contribution in [3.8, 4) is 0 Å². The molecule has 2 rings (SSSR count). The molecule has 0 saturated heterocycles. The Kier molecular flexibility index (Phi) is 4.38. The molecule has 90 valence electrons. The lowest BCUT2D eigenvalue weighted by Gasteiger charge is -2.23. The molecule has 1 N–H and O–H groups in total. The van der Waals surface area contributed by atoms with Gasteiger partial charge in [-0.15, -0.1) is 11.3 Å². The molecule has 1 heterocycles. The minimum atomic E-state index is 0.829. The summed E-state index contributed by atoms with van der Waals surface area (Å²) in [7, 11) is 4.28. The molecule has 1 saturated carbocycles. The van der Waals surface area contributed by atoms with Crippen LogP contribution in [-0.2, 0) is 13.1 Å². The predicted molar refractivity (Wildman–Crippen MR) is 70.8 cm³/mol. The molecule has 16 heavy (non-hydrogen) atoms. The fraction of sp³-hybridized carbons (Fsp3) is 0.692. The van der Waals surface area contributed by atoms with E-state index in [1.54, 1.807) is 0 Å². The predicted octanol–water partition coefficient (Wildman–Crippen LogP) is 2.84. The summed E-state index contributed by atoms with van der Waals surface area (Å²) in [5.41, 5.74) is 0. The quantitative estimate of drug-likeness (QED) is 0.848. The van der Waals surface area contributed by atoms with Crippen LogP contribution in [-0.4, -0.2) is 25.0 Å². The number of thiophene rings is 1. The molecule has 1 aromatic rings. The monoisotopic (exact) mass is 238 g/mol. The van der Waals surface area contributed by atoms with Gasteiger partial charge in [0, 0.05) is 28.9 Å². The molecule has 0 amide bonds. The Hall–Kier alpha value is -0.380. The second-order valence-corrected chi connectivity index (χ2v) is 6.00. The Balaban J connectivity index is 1.87. The lowest BCUT2D eigenvalue weighted by Crippen LogP contribution is -2.28. The normalized spacial score (nSPS) is 17.4. The zero-order valence-corrected chi connectivity index (χ0v) is 11.1. The first-order chi connectivity index (χ1) is 7.79. The molecule has 0 radical (unpaired) electrons. The van der Waals surface area contributed by atoms with Gasteiger partial charge in [-0.1, -0.05) is 12.8 Å². The number of hydrogen-bond donors (Lipinski definition) is 1. The number of nitrogens with zero attached hydrogens (tertiary/aromatic N) is 1. The summed E-state index contributed by atoms with van der Waals surface area (Å²) in [6.45, 7) is 2.12. The summed E-state index contributed by atoms with van der Waals surface area (Å²) in [5.74, 6) is 0. The zero-order valence-electron chi connectivity index (χ0n) is 10.3. The molecule has 1 fully saturated rings. The van der Waals surface area contributed by atoms with E-state index in [-0.39, 0.29) is 0 Å². The second-order valence-electron chi connectivity index (χ2n) is 4.75. The molecule has 0 bridgehead atoms. The first-order valence-electron chi connectivity index (χ1n) is 6.22. The van der Waals surface area contributed by atoms with Crippen molar-refractivity contribution in [2.45, 2.75) is 44.8 Å². The van der Waals surface area contributed by atoms with Crippen molar-refractivity contribution in [1.29, 1.82) is 0 Å². The number of nitrogens with one attached hydrogen (secondary N) is 1. The van der Waals surface area contributed by atoms with E-state index in [0.717, 1.165) is 19.1 Å². The van der Waals surface area contributed by atoms with Crippen LogP contribution in [0.2, 0.25) is 0 Å². The number of hydrogen-bond acceptors (Lipinski definition) is 3. The summed E-state index contributed by atoms with van der Waals surface area (Å²) >= 11 is 1.94. The average molecular weight is 238 g/mol. The van der Waals surface area contributed by atoms with Crippen molar-refractivity contribution < 1.29 is 0 Å². The van der Waals surface area contributed by atoms with Gasteiger partial charge in [-0.05, 0) is 39.1 Å². The third-order valence-electron chi connectivity index (χ3n) is 3.42. The van der Waals surface area contributed by atoms with Gasteiger partial charge in [0.2, 0.25) is 0 Å². The fourth-order valence-electron chi connectivity index (χ4n) is 2.50. The van der Waals surface area contributed by atoms with Crippen molar-refractivity contribution >= 4 is 11.3 Å². The molecular formula is C13H22N2S. The van der Waals surface area contributed by atoms with Crippen molar-refractivity contribution in [2.24, 2.45) is 0 Å². The van der Waals surface area contributed by atoms with Gasteiger partial charge in [0.25, 0.3) is 0 Å². The van der Waals surface area contributed by atoms with Crippen molar-refractivity contribution in [3.05, 3.63) is 21.9 Å². The second kappa shape index (κ2) is 5.80. The van der Waals surface area contributed by atoms with Crippen LogP contribution in [0.1, 0.15) is 35.4 Å². The van der Waals surface area contributed by atoms with E-state index in [4.69, 9.17) is 0 Å². The van der Waals surface area contributed by atoms with Gasteiger partial charge < -0.3 is 5.32 Å². The summed E-state index contributed by atoms with van der Waals surface area (Å²) < 4.78 is 0. The fourth-order valence-corrected chi connectivity index (χ4v) is 3.59. The molecule has 0 aromatic carbocycles. The topological polar surface area (TPSA) is 15.3 Å². The number of rotatable bonds is 5. The summed E-state index contributed by atoms with van der Waals surface area (Å²) in [5, 5.41) is 3.20. The highest BCUT2D eigenvalue weighted by Gasteiger charge is 2.19. The molecule has 0 unspecified atom stereocenters. The maximum atomic E-state index is 3.20. The highest BCUT2D eigenvalue weighted by molar-refractivity contribution is 7.11. The van der Waals surface area contributed by atoms with Crippen molar-refractivity contribution in [3.63, 3.8) is 0 Å². The van der Waals surface area contributed by atoms with Gasteiger partial charge in [0.05, 0.1) is 0 Å². The molecular weight excluding hydrogens is 216 g/mol. The Bertz CT molecular complexity index is 315. The molecule has 0 spiro atoms. The van der Waals surface area contributed by atoms with Crippen LogP contribution in [0.25, 0.3) is 0 Å². The summed E-state index contributed by atoms with van der Waals surface area (Å²) in [6.07, 6.45) is 5.63. The first-order valence-corrected chi connectivity index (χ1v) is 7.03. The van der Waals surface area contributed by atoms with E-state index in [2.05, 4.69) is 29.4 Å². The van der Waals surface area contributed by atoms with Gasteiger partial charge in [0.15, 0.2) is 0 Å². The maximum absolute atomic E-state index is 3.20. The SMILES string of the molecule is CNCc1ccc(CN(C)C2CCCC2)s1. The Labute approximate surface area is 103 Å². The largest absolute Gasteiger partial charge is 0.315 e. The lowest BCUT2D eigenvalue weighted by molar-refractivity contribution is 0.239. The Morgan fingerprint density at radius 1 is 1.31 bits per heavy atom. The van der Waals surface area contributed by atoms with Crippen LogP contribution in [0.3, 0.4) is 0 Å². The molecule has 2 nitrogen and oxygen atoms in total. The molecule has 1 aliphatic rings. The molecule has 3 heteroatoms.